The summed E-state index contributed by atoms with van der Waals surface area (Å²) in [5.74, 6) is 1.85. The van der Waals surface area contributed by atoms with Crippen LogP contribution in [0, 0.1) is 0 Å². The van der Waals surface area contributed by atoms with Gasteiger partial charge in [-0.25, -0.2) is 0 Å². The molecule has 2 atom stereocenters. The number of ether oxygens (including phenoxy) is 1. The number of piperidine rings is 1. The van der Waals surface area contributed by atoms with E-state index in [0.717, 1.165) is 29.8 Å². The summed E-state index contributed by atoms with van der Waals surface area (Å²) in [5, 5.41) is 10.1. The molecule has 168 valence electrons. The Bertz CT molecular complexity index is 1080. The standard InChI is InChI=1S/C24H27ClN4O2S/c1-16-7-6-8-17(2)28(16)22(30)15-32-24-27-26-23(20-9-4-5-10-21(20)25)29(24)18-11-13-19(31-3)14-12-18/h4-5,9-14,16-17H,6-8,15H2,1-3H3/t16-,17+. The number of nitrogens with zero attached hydrogens (tertiary/aromatic N) is 4. The Morgan fingerprint density at radius 3 is 2.44 bits per heavy atom. The first-order valence-electron chi connectivity index (χ1n) is 10.8. The molecule has 0 bridgehead atoms. The third kappa shape index (κ3) is 4.64. The van der Waals surface area contributed by atoms with E-state index in [1.54, 1.807) is 7.11 Å². The highest BCUT2D eigenvalue weighted by Gasteiger charge is 2.29. The zero-order chi connectivity index (χ0) is 22.7. The van der Waals surface area contributed by atoms with Gasteiger partial charge in [0, 0.05) is 23.3 Å². The van der Waals surface area contributed by atoms with E-state index in [-0.39, 0.29) is 18.0 Å². The number of carbonyl (C=O) groups excluding carboxylic acids is 1. The lowest BCUT2D eigenvalue weighted by molar-refractivity contribution is -0.134. The zero-order valence-electron chi connectivity index (χ0n) is 18.5. The average Bonchev–Trinajstić information content (AvgIpc) is 3.21. The Kier molecular flexibility index (Phi) is 7.06. The molecule has 0 saturated carbocycles. The van der Waals surface area contributed by atoms with Gasteiger partial charge in [0.25, 0.3) is 0 Å². The lowest BCUT2D eigenvalue weighted by Crippen LogP contribution is -2.48. The van der Waals surface area contributed by atoms with Crippen LogP contribution in [0.3, 0.4) is 0 Å². The van der Waals surface area contributed by atoms with E-state index in [1.807, 2.05) is 58.0 Å². The van der Waals surface area contributed by atoms with Gasteiger partial charge in [0.05, 0.1) is 17.9 Å². The molecule has 4 rings (SSSR count). The molecule has 1 fully saturated rings. The van der Waals surface area contributed by atoms with Crippen molar-refractivity contribution in [2.75, 3.05) is 12.9 Å². The van der Waals surface area contributed by atoms with Crippen LogP contribution < -0.4 is 4.74 Å². The number of aromatic nitrogens is 3. The molecule has 1 aliphatic rings. The number of hydrogen-bond donors (Lipinski definition) is 0. The van der Waals surface area contributed by atoms with Crippen LogP contribution in [0.4, 0.5) is 0 Å². The molecule has 1 saturated heterocycles. The van der Waals surface area contributed by atoms with Gasteiger partial charge in [-0.1, -0.05) is 35.5 Å². The Labute approximate surface area is 197 Å². The minimum Gasteiger partial charge on any atom is -0.497 e. The van der Waals surface area contributed by atoms with Crippen molar-refractivity contribution in [3.63, 3.8) is 0 Å². The largest absolute Gasteiger partial charge is 0.497 e. The summed E-state index contributed by atoms with van der Waals surface area (Å²) in [6.07, 6.45) is 3.28. The monoisotopic (exact) mass is 470 g/mol. The van der Waals surface area contributed by atoms with Gasteiger partial charge in [-0.15, -0.1) is 10.2 Å². The molecule has 8 heteroatoms. The van der Waals surface area contributed by atoms with Crippen LogP contribution in [0.15, 0.2) is 53.7 Å². The quantitative estimate of drug-likeness (QED) is 0.446. The predicted octanol–water partition coefficient (Wildman–Crippen LogP) is 5.48. The lowest BCUT2D eigenvalue weighted by atomic mass is 9.98. The molecule has 1 amide bonds. The van der Waals surface area contributed by atoms with Crippen LogP contribution in [0.5, 0.6) is 5.75 Å². The fraction of sp³-hybridized carbons (Fsp3) is 0.375. The summed E-state index contributed by atoms with van der Waals surface area (Å²) < 4.78 is 7.25. The molecule has 0 spiro atoms. The Morgan fingerprint density at radius 1 is 1.09 bits per heavy atom. The zero-order valence-corrected chi connectivity index (χ0v) is 20.1. The fourth-order valence-electron chi connectivity index (χ4n) is 4.26. The van der Waals surface area contributed by atoms with Crippen molar-refractivity contribution >= 4 is 29.3 Å². The summed E-state index contributed by atoms with van der Waals surface area (Å²) in [5.41, 5.74) is 1.66. The second-order valence-corrected chi connectivity index (χ2v) is 9.39. The first kappa shape index (κ1) is 22.7. The summed E-state index contributed by atoms with van der Waals surface area (Å²) in [4.78, 5) is 15.1. The maximum Gasteiger partial charge on any atom is 0.233 e. The number of carbonyl (C=O) groups is 1. The molecule has 3 aromatic rings. The van der Waals surface area contributed by atoms with Crippen LogP contribution in [-0.2, 0) is 4.79 Å². The number of methoxy groups -OCH3 is 1. The van der Waals surface area contributed by atoms with Crippen LogP contribution in [0.1, 0.15) is 33.1 Å². The lowest BCUT2D eigenvalue weighted by Gasteiger charge is -2.39. The summed E-state index contributed by atoms with van der Waals surface area (Å²) in [6.45, 7) is 4.27. The normalized spacial score (nSPS) is 18.6. The van der Waals surface area contributed by atoms with Crippen molar-refractivity contribution in [3.05, 3.63) is 53.6 Å². The van der Waals surface area contributed by atoms with Gasteiger partial charge >= 0.3 is 0 Å². The molecule has 0 unspecified atom stereocenters. The third-order valence-corrected chi connectivity index (χ3v) is 7.13. The van der Waals surface area contributed by atoms with Crippen molar-refractivity contribution in [1.29, 1.82) is 0 Å². The topological polar surface area (TPSA) is 60.2 Å². The highest BCUT2D eigenvalue weighted by atomic mass is 35.5. The molecule has 2 aromatic carbocycles. The number of hydrogen-bond acceptors (Lipinski definition) is 5. The number of rotatable bonds is 6. The highest BCUT2D eigenvalue weighted by Crippen LogP contribution is 2.33. The van der Waals surface area contributed by atoms with Crippen LogP contribution in [-0.4, -0.2) is 50.5 Å². The Hall–Kier alpha value is -2.51. The van der Waals surface area contributed by atoms with E-state index in [4.69, 9.17) is 16.3 Å². The fourth-order valence-corrected chi connectivity index (χ4v) is 5.30. The maximum atomic E-state index is 13.1. The minimum atomic E-state index is 0.137. The summed E-state index contributed by atoms with van der Waals surface area (Å²) in [7, 11) is 1.64. The molecule has 1 aliphatic heterocycles. The van der Waals surface area contributed by atoms with Crippen LogP contribution >= 0.6 is 23.4 Å². The molecule has 32 heavy (non-hydrogen) atoms. The molecule has 6 nitrogen and oxygen atoms in total. The summed E-state index contributed by atoms with van der Waals surface area (Å²) >= 11 is 7.87. The maximum absolute atomic E-state index is 13.1. The van der Waals surface area contributed by atoms with E-state index in [1.165, 1.54) is 18.2 Å². The van der Waals surface area contributed by atoms with E-state index in [0.29, 0.717) is 21.8 Å². The van der Waals surface area contributed by atoms with E-state index >= 15 is 0 Å². The molecule has 1 aromatic heterocycles. The molecule has 2 heterocycles. The van der Waals surface area contributed by atoms with E-state index in [2.05, 4.69) is 24.0 Å². The van der Waals surface area contributed by atoms with Gasteiger partial charge in [-0.05, 0) is 69.5 Å². The van der Waals surface area contributed by atoms with Crippen molar-refractivity contribution in [1.82, 2.24) is 19.7 Å². The minimum absolute atomic E-state index is 0.137. The van der Waals surface area contributed by atoms with Crippen molar-refractivity contribution in [2.24, 2.45) is 0 Å². The van der Waals surface area contributed by atoms with Crippen molar-refractivity contribution < 1.29 is 9.53 Å². The number of amides is 1. The molecule has 0 aliphatic carbocycles. The average molecular weight is 471 g/mol. The third-order valence-electron chi connectivity index (χ3n) is 5.88. The molecule has 0 N–H and O–H groups in total. The number of likely N-dealkylation sites (tertiary alicyclic amines) is 1. The van der Waals surface area contributed by atoms with Crippen molar-refractivity contribution in [3.8, 4) is 22.8 Å². The summed E-state index contributed by atoms with van der Waals surface area (Å²) in [6, 6.07) is 15.8. The number of benzene rings is 2. The first-order chi connectivity index (χ1) is 15.5. The second kappa shape index (κ2) is 9.96. The van der Waals surface area contributed by atoms with E-state index in [9.17, 15) is 4.79 Å². The smallest absolute Gasteiger partial charge is 0.233 e. The SMILES string of the molecule is COc1ccc(-n2c(SCC(=O)N3[C@H](C)CCC[C@@H]3C)nnc2-c2ccccc2Cl)cc1. The van der Waals surface area contributed by atoms with Gasteiger partial charge in [0.1, 0.15) is 5.75 Å². The molecular weight excluding hydrogens is 444 g/mol. The second-order valence-electron chi connectivity index (χ2n) is 8.04. The molecular formula is C24H27ClN4O2S. The number of halogens is 1. The Morgan fingerprint density at radius 2 is 1.78 bits per heavy atom. The highest BCUT2D eigenvalue weighted by molar-refractivity contribution is 7.99. The molecule has 0 radical (unpaired) electrons. The van der Waals surface area contributed by atoms with Gasteiger partial charge in [0.15, 0.2) is 11.0 Å². The Balaban J connectivity index is 1.66. The first-order valence-corrected chi connectivity index (χ1v) is 12.1. The van der Waals surface area contributed by atoms with Gasteiger partial charge in [-0.3, -0.25) is 9.36 Å². The number of thioether (sulfide) groups is 1. The van der Waals surface area contributed by atoms with Gasteiger partial charge < -0.3 is 9.64 Å². The van der Waals surface area contributed by atoms with Crippen molar-refractivity contribution in [2.45, 2.75) is 50.4 Å². The van der Waals surface area contributed by atoms with Crippen LogP contribution in [0.2, 0.25) is 5.02 Å². The van der Waals surface area contributed by atoms with Gasteiger partial charge in [-0.2, -0.15) is 0 Å². The predicted molar refractivity (Wildman–Crippen MR) is 129 cm³/mol. The van der Waals surface area contributed by atoms with Crippen LogP contribution in [0.25, 0.3) is 17.1 Å². The van der Waals surface area contributed by atoms with E-state index < -0.39 is 0 Å². The van der Waals surface area contributed by atoms with Gasteiger partial charge in [0.2, 0.25) is 5.91 Å².